The first-order chi connectivity index (χ1) is 9.63. The van der Waals surface area contributed by atoms with Gasteiger partial charge in [-0.3, -0.25) is 4.99 Å². The van der Waals surface area contributed by atoms with Crippen molar-refractivity contribution < 1.29 is 4.74 Å². The lowest BCUT2D eigenvalue weighted by atomic mass is 10.2. The normalized spacial score (nSPS) is 20.5. The van der Waals surface area contributed by atoms with Crippen LogP contribution in [0.25, 0.3) is 0 Å². The van der Waals surface area contributed by atoms with Crippen LogP contribution in [-0.4, -0.2) is 37.6 Å². The van der Waals surface area contributed by atoms with Gasteiger partial charge in [-0.15, -0.1) is 24.0 Å². The Hall–Kier alpha value is -0.980. The standard InChI is InChI=1S/C16H25N3O.HI/c1-5-20-14-8-6-13(7-9-14)11-19(4)16(17-3)18-15-10-12(15)2;/h6-9,12,15H,5,10-11H2,1-4H3,(H,17,18);1H. The maximum atomic E-state index is 5.46. The van der Waals surface area contributed by atoms with Crippen molar-refractivity contribution in [2.24, 2.45) is 10.9 Å². The minimum absolute atomic E-state index is 0. The Kier molecular flexibility index (Phi) is 7.28. The summed E-state index contributed by atoms with van der Waals surface area (Å²) in [7, 11) is 3.91. The lowest BCUT2D eigenvalue weighted by Gasteiger charge is -2.22. The zero-order valence-electron chi connectivity index (χ0n) is 13.3. The molecule has 1 saturated carbocycles. The number of benzene rings is 1. The first-order valence-corrected chi connectivity index (χ1v) is 7.30. The Balaban J connectivity index is 0.00000220. The number of halogens is 1. The third-order valence-electron chi connectivity index (χ3n) is 3.65. The van der Waals surface area contributed by atoms with Crippen molar-refractivity contribution >= 4 is 29.9 Å². The highest BCUT2D eigenvalue weighted by Crippen LogP contribution is 2.29. The number of aliphatic imine (C=N–C) groups is 1. The summed E-state index contributed by atoms with van der Waals surface area (Å²) >= 11 is 0. The third-order valence-corrected chi connectivity index (χ3v) is 3.65. The first-order valence-electron chi connectivity index (χ1n) is 7.30. The molecule has 1 aromatic rings. The van der Waals surface area contributed by atoms with Gasteiger partial charge in [0.05, 0.1) is 6.61 Å². The van der Waals surface area contributed by atoms with Gasteiger partial charge < -0.3 is 15.0 Å². The quantitative estimate of drug-likeness (QED) is 0.467. The fourth-order valence-electron chi connectivity index (χ4n) is 2.24. The van der Waals surface area contributed by atoms with Crippen LogP contribution in [0.4, 0.5) is 0 Å². The zero-order valence-corrected chi connectivity index (χ0v) is 15.6. The summed E-state index contributed by atoms with van der Waals surface area (Å²) in [5.74, 6) is 2.66. The molecule has 1 aliphatic rings. The van der Waals surface area contributed by atoms with Crippen LogP contribution in [0, 0.1) is 5.92 Å². The van der Waals surface area contributed by atoms with Crippen LogP contribution in [0.2, 0.25) is 0 Å². The Morgan fingerprint density at radius 1 is 1.38 bits per heavy atom. The van der Waals surface area contributed by atoms with E-state index in [1.807, 2.05) is 26.1 Å². The summed E-state index contributed by atoms with van der Waals surface area (Å²) in [5.41, 5.74) is 1.25. The lowest BCUT2D eigenvalue weighted by Crippen LogP contribution is -2.40. The molecule has 21 heavy (non-hydrogen) atoms. The molecule has 2 atom stereocenters. The SMILES string of the molecule is CCOc1ccc(CN(C)C(=NC)NC2CC2C)cc1.I. The summed E-state index contributed by atoms with van der Waals surface area (Å²) < 4.78 is 5.46. The molecular formula is C16H26IN3O. The molecule has 0 bridgehead atoms. The van der Waals surface area contributed by atoms with Crippen LogP contribution >= 0.6 is 24.0 Å². The minimum atomic E-state index is 0. The molecule has 4 nitrogen and oxygen atoms in total. The minimum Gasteiger partial charge on any atom is -0.494 e. The van der Waals surface area contributed by atoms with Crippen LogP contribution in [0.3, 0.4) is 0 Å². The number of hydrogen-bond donors (Lipinski definition) is 1. The average Bonchev–Trinajstić information content (AvgIpc) is 3.14. The second-order valence-electron chi connectivity index (χ2n) is 5.44. The lowest BCUT2D eigenvalue weighted by molar-refractivity contribution is 0.340. The molecular weight excluding hydrogens is 377 g/mol. The Labute approximate surface area is 145 Å². The largest absolute Gasteiger partial charge is 0.494 e. The van der Waals surface area contributed by atoms with E-state index < -0.39 is 0 Å². The number of ether oxygens (including phenoxy) is 1. The van der Waals surface area contributed by atoms with Crippen LogP contribution in [0.5, 0.6) is 5.75 Å². The van der Waals surface area contributed by atoms with Gasteiger partial charge in [0.15, 0.2) is 5.96 Å². The molecule has 2 unspecified atom stereocenters. The second-order valence-corrected chi connectivity index (χ2v) is 5.44. The number of rotatable bonds is 5. The third kappa shape index (κ3) is 5.37. The summed E-state index contributed by atoms with van der Waals surface area (Å²) in [6, 6.07) is 8.84. The van der Waals surface area contributed by atoms with Gasteiger partial charge in [-0.05, 0) is 37.0 Å². The van der Waals surface area contributed by atoms with Gasteiger partial charge in [-0.1, -0.05) is 19.1 Å². The summed E-state index contributed by atoms with van der Waals surface area (Å²) in [4.78, 5) is 6.51. The Bertz CT molecular complexity index is 461. The van der Waals surface area contributed by atoms with Crippen LogP contribution in [-0.2, 0) is 6.54 Å². The van der Waals surface area contributed by atoms with Crippen LogP contribution in [0.15, 0.2) is 29.3 Å². The van der Waals surface area contributed by atoms with Gasteiger partial charge in [0.25, 0.3) is 0 Å². The van der Waals surface area contributed by atoms with Crippen molar-refractivity contribution in [2.45, 2.75) is 32.9 Å². The van der Waals surface area contributed by atoms with Crippen molar-refractivity contribution in [1.29, 1.82) is 0 Å². The predicted octanol–water partition coefficient (Wildman–Crippen LogP) is 3.12. The molecule has 1 fully saturated rings. The maximum absolute atomic E-state index is 5.46. The molecule has 2 rings (SSSR count). The Morgan fingerprint density at radius 2 is 2.00 bits per heavy atom. The van der Waals surface area contributed by atoms with Crippen molar-refractivity contribution in [2.75, 3.05) is 20.7 Å². The van der Waals surface area contributed by atoms with E-state index in [0.29, 0.717) is 12.6 Å². The molecule has 0 saturated heterocycles. The smallest absolute Gasteiger partial charge is 0.193 e. The molecule has 0 heterocycles. The van der Waals surface area contributed by atoms with Gasteiger partial charge in [-0.2, -0.15) is 0 Å². The summed E-state index contributed by atoms with van der Waals surface area (Å²) in [6.07, 6.45) is 1.25. The summed E-state index contributed by atoms with van der Waals surface area (Å²) in [5, 5.41) is 3.49. The molecule has 1 N–H and O–H groups in total. The van der Waals surface area contributed by atoms with E-state index in [4.69, 9.17) is 4.74 Å². The fraction of sp³-hybridized carbons (Fsp3) is 0.562. The zero-order chi connectivity index (χ0) is 14.5. The van der Waals surface area contributed by atoms with Gasteiger partial charge in [-0.25, -0.2) is 0 Å². The van der Waals surface area contributed by atoms with Gasteiger partial charge in [0, 0.05) is 26.7 Å². The highest BCUT2D eigenvalue weighted by atomic mass is 127. The molecule has 0 aromatic heterocycles. The monoisotopic (exact) mass is 403 g/mol. The molecule has 1 aromatic carbocycles. The number of nitrogens with one attached hydrogen (secondary N) is 1. The molecule has 0 spiro atoms. The van der Waals surface area contributed by atoms with Gasteiger partial charge >= 0.3 is 0 Å². The summed E-state index contributed by atoms with van der Waals surface area (Å²) in [6.45, 7) is 5.80. The number of nitrogens with zero attached hydrogens (tertiary/aromatic N) is 2. The van der Waals surface area contributed by atoms with Gasteiger partial charge in [0.2, 0.25) is 0 Å². The highest BCUT2D eigenvalue weighted by Gasteiger charge is 2.33. The maximum Gasteiger partial charge on any atom is 0.193 e. The molecule has 1 aliphatic carbocycles. The molecule has 0 aliphatic heterocycles. The van der Waals surface area contributed by atoms with Crippen LogP contribution < -0.4 is 10.1 Å². The van der Waals surface area contributed by atoms with Crippen molar-refractivity contribution in [3.05, 3.63) is 29.8 Å². The molecule has 118 valence electrons. The van der Waals surface area contributed by atoms with Crippen LogP contribution in [0.1, 0.15) is 25.8 Å². The van der Waals surface area contributed by atoms with Crippen molar-refractivity contribution in [1.82, 2.24) is 10.2 Å². The fourth-order valence-corrected chi connectivity index (χ4v) is 2.24. The molecule has 5 heteroatoms. The van der Waals surface area contributed by atoms with Crippen molar-refractivity contribution in [3.63, 3.8) is 0 Å². The van der Waals surface area contributed by atoms with E-state index in [1.165, 1.54) is 12.0 Å². The van der Waals surface area contributed by atoms with E-state index in [1.54, 1.807) is 0 Å². The highest BCUT2D eigenvalue weighted by molar-refractivity contribution is 14.0. The molecule has 0 amide bonds. The van der Waals surface area contributed by atoms with E-state index >= 15 is 0 Å². The number of hydrogen-bond acceptors (Lipinski definition) is 2. The molecule has 0 radical (unpaired) electrons. The first kappa shape index (κ1) is 18.1. The Morgan fingerprint density at radius 3 is 2.48 bits per heavy atom. The van der Waals surface area contributed by atoms with E-state index in [-0.39, 0.29) is 24.0 Å². The average molecular weight is 403 g/mol. The number of guanidine groups is 1. The van der Waals surface area contributed by atoms with E-state index in [0.717, 1.165) is 24.2 Å². The van der Waals surface area contributed by atoms with E-state index in [9.17, 15) is 0 Å². The van der Waals surface area contributed by atoms with Gasteiger partial charge in [0.1, 0.15) is 5.75 Å². The predicted molar refractivity (Wildman–Crippen MR) is 98.6 cm³/mol. The topological polar surface area (TPSA) is 36.9 Å². The van der Waals surface area contributed by atoms with Crippen molar-refractivity contribution in [3.8, 4) is 5.75 Å². The second kappa shape index (κ2) is 8.46. The van der Waals surface area contributed by atoms with E-state index in [2.05, 4.69) is 41.3 Å².